The van der Waals surface area contributed by atoms with Gasteiger partial charge in [-0.2, -0.15) is 0 Å². The summed E-state index contributed by atoms with van der Waals surface area (Å²) in [6.07, 6.45) is 7.67. The zero-order valence-electron chi connectivity index (χ0n) is 17.1. The number of amidine groups is 1. The minimum atomic E-state index is -3.69. The van der Waals surface area contributed by atoms with Crippen LogP contribution >= 0.6 is 0 Å². The molecule has 4 rings (SSSR count). The molecule has 7 nitrogen and oxygen atoms in total. The van der Waals surface area contributed by atoms with Crippen molar-refractivity contribution in [3.63, 3.8) is 0 Å². The highest BCUT2D eigenvalue weighted by molar-refractivity contribution is 7.90. The van der Waals surface area contributed by atoms with Crippen molar-refractivity contribution in [1.29, 1.82) is 0 Å². The number of hydrogen-bond acceptors (Lipinski definition) is 5. The summed E-state index contributed by atoms with van der Waals surface area (Å²) < 4.78 is 33.2. The molecule has 8 heteroatoms. The van der Waals surface area contributed by atoms with Gasteiger partial charge in [-0.25, -0.2) is 8.42 Å². The van der Waals surface area contributed by atoms with E-state index in [9.17, 15) is 13.2 Å². The van der Waals surface area contributed by atoms with Crippen molar-refractivity contribution in [2.75, 3.05) is 18.5 Å². The molecule has 2 aliphatic rings. The summed E-state index contributed by atoms with van der Waals surface area (Å²) in [5, 5.41) is 2.74. The Morgan fingerprint density at radius 3 is 2.71 bits per heavy atom. The van der Waals surface area contributed by atoms with Crippen molar-refractivity contribution >= 4 is 33.5 Å². The SMILES string of the molecule is O=C(/C=C/c1ccc2c(c1)CCO2)Nc1ccc(S(=O)(=O)NC2=NCCCCC2)cc1. The lowest BCUT2D eigenvalue weighted by Crippen LogP contribution is -2.30. The molecule has 0 aliphatic carbocycles. The largest absolute Gasteiger partial charge is 0.493 e. The number of nitrogens with zero attached hydrogens (tertiary/aromatic N) is 1. The molecule has 31 heavy (non-hydrogen) atoms. The molecule has 0 saturated carbocycles. The number of carbonyl (C=O) groups excluding carboxylic acids is 1. The van der Waals surface area contributed by atoms with Gasteiger partial charge in [-0.3, -0.25) is 14.5 Å². The maximum atomic E-state index is 12.6. The van der Waals surface area contributed by atoms with Gasteiger partial charge in [-0.05, 0) is 66.4 Å². The number of nitrogens with one attached hydrogen (secondary N) is 2. The van der Waals surface area contributed by atoms with Crippen LogP contribution in [0.3, 0.4) is 0 Å². The van der Waals surface area contributed by atoms with Crippen LogP contribution in [0.15, 0.2) is 58.4 Å². The van der Waals surface area contributed by atoms with Crippen molar-refractivity contribution in [3.05, 3.63) is 59.7 Å². The molecule has 2 N–H and O–H groups in total. The Kier molecular flexibility index (Phi) is 6.36. The number of sulfonamides is 1. The summed E-state index contributed by atoms with van der Waals surface area (Å²) in [5.74, 6) is 1.12. The number of anilines is 1. The molecule has 2 aromatic carbocycles. The number of rotatable bonds is 5. The normalized spacial score (nSPS) is 16.2. The molecular formula is C23H25N3O4S. The lowest BCUT2D eigenvalue weighted by Gasteiger charge is -2.10. The fraction of sp³-hybridized carbons (Fsp3) is 0.304. The van der Waals surface area contributed by atoms with Gasteiger partial charge in [0.2, 0.25) is 5.91 Å². The van der Waals surface area contributed by atoms with Crippen LogP contribution in [0.1, 0.15) is 36.8 Å². The van der Waals surface area contributed by atoms with Crippen LogP contribution in [0.4, 0.5) is 5.69 Å². The van der Waals surface area contributed by atoms with Gasteiger partial charge in [0.05, 0.1) is 11.5 Å². The topological polar surface area (TPSA) is 96.9 Å². The Bertz CT molecular complexity index is 1120. The third-order valence-electron chi connectivity index (χ3n) is 5.20. The number of fused-ring (bicyclic) bond motifs is 1. The quantitative estimate of drug-likeness (QED) is 0.697. The maximum Gasteiger partial charge on any atom is 0.262 e. The fourth-order valence-corrected chi connectivity index (χ4v) is 4.64. The van der Waals surface area contributed by atoms with Crippen LogP contribution in [0.5, 0.6) is 5.75 Å². The van der Waals surface area contributed by atoms with E-state index in [0.717, 1.165) is 42.6 Å². The molecule has 0 radical (unpaired) electrons. The zero-order valence-corrected chi connectivity index (χ0v) is 18.0. The van der Waals surface area contributed by atoms with Crippen LogP contribution in [0.2, 0.25) is 0 Å². The standard InChI is InChI=1S/C23H25N3O4S/c27-23(12-6-17-5-11-21-18(16-17)13-15-30-21)25-19-7-9-20(10-8-19)31(28,29)26-22-4-2-1-3-14-24-22/h5-12,16H,1-4,13-15H2,(H,24,26)(H,25,27)/b12-6+. The molecule has 0 fully saturated rings. The molecule has 162 valence electrons. The second-order valence-electron chi connectivity index (χ2n) is 7.56. The van der Waals surface area contributed by atoms with Crippen LogP contribution in [0, 0.1) is 0 Å². The number of benzene rings is 2. The zero-order chi connectivity index (χ0) is 21.7. The van der Waals surface area contributed by atoms with Crippen molar-refractivity contribution in [2.24, 2.45) is 4.99 Å². The highest BCUT2D eigenvalue weighted by Crippen LogP contribution is 2.26. The van der Waals surface area contributed by atoms with E-state index in [0.29, 0.717) is 31.1 Å². The maximum absolute atomic E-state index is 12.6. The molecule has 0 saturated heterocycles. The van der Waals surface area contributed by atoms with Crippen molar-refractivity contribution < 1.29 is 17.9 Å². The Hall–Kier alpha value is -3.13. The van der Waals surface area contributed by atoms with Crippen LogP contribution < -0.4 is 14.8 Å². The molecule has 0 unspecified atom stereocenters. The lowest BCUT2D eigenvalue weighted by atomic mass is 10.1. The molecule has 1 amide bonds. The van der Waals surface area contributed by atoms with Crippen LogP contribution in [0.25, 0.3) is 6.08 Å². The molecule has 2 heterocycles. The minimum absolute atomic E-state index is 0.133. The van der Waals surface area contributed by atoms with Crippen molar-refractivity contribution in [1.82, 2.24) is 4.72 Å². The summed E-state index contributed by atoms with van der Waals surface area (Å²) in [4.78, 5) is 16.7. The third-order valence-corrected chi connectivity index (χ3v) is 6.60. The average Bonchev–Trinajstić information content (AvgIpc) is 3.08. The van der Waals surface area contributed by atoms with Gasteiger partial charge in [0.15, 0.2) is 0 Å². The first-order chi connectivity index (χ1) is 15.0. The summed E-state index contributed by atoms with van der Waals surface area (Å²) in [6, 6.07) is 11.9. The van der Waals surface area contributed by atoms with E-state index in [4.69, 9.17) is 4.74 Å². The molecular weight excluding hydrogens is 414 g/mol. The van der Waals surface area contributed by atoms with Gasteiger partial charge < -0.3 is 10.1 Å². The van der Waals surface area contributed by atoms with Gasteiger partial charge in [0, 0.05) is 31.1 Å². The van der Waals surface area contributed by atoms with E-state index in [2.05, 4.69) is 15.0 Å². The first-order valence-corrected chi connectivity index (χ1v) is 11.9. The van der Waals surface area contributed by atoms with E-state index >= 15 is 0 Å². The van der Waals surface area contributed by atoms with E-state index in [1.165, 1.54) is 18.2 Å². The highest BCUT2D eigenvalue weighted by Gasteiger charge is 2.17. The molecule has 2 aliphatic heterocycles. The van der Waals surface area contributed by atoms with E-state index in [1.54, 1.807) is 18.2 Å². The van der Waals surface area contributed by atoms with E-state index < -0.39 is 10.0 Å². The minimum Gasteiger partial charge on any atom is -0.493 e. The third kappa shape index (κ3) is 5.52. The lowest BCUT2D eigenvalue weighted by molar-refractivity contribution is -0.111. The predicted molar refractivity (Wildman–Crippen MR) is 121 cm³/mol. The van der Waals surface area contributed by atoms with Crippen LogP contribution in [-0.4, -0.2) is 33.3 Å². The summed E-state index contributed by atoms with van der Waals surface area (Å²) in [7, 11) is -3.69. The average molecular weight is 440 g/mol. The van der Waals surface area contributed by atoms with Crippen LogP contribution in [-0.2, 0) is 21.2 Å². The predicted octanol–water partition coefficient (Wildman–Crippen LogP) is 3.52. The molecule has 0 atom stereocenters. The smallest absolute Gasteiger partial charge is 0.262 e. The molecule has 0 bridgehead atoms. The Morgan fingerprint density at radius 1 is 1.03 bits per heavy atom. The van der Waals surface area contributed by atoms with Gasteiger partial charge in [-0.1, -0.05) is 12.5 Å². The second kappa shape index (κ2) is 9.34. The van der Waals surface area contributed by atoms with Gasteiger partial charge in [0.1, 0.15) is 11.6 Å². The molecule has 0 aromatic heterocycles. The highest BCUT2D eigenvalue weighted by atomic mass is 32.2. The van der Waals surface area contributed by atoms with Gasteiger partial charge in [0.25, 0.3) is 10.0 Å². The second-order valence-corrected chi connectivity index (χ2v) is 9.24. The number of ether oxygens (including phenoxy) is 1. The number of carbonyl (C=O) groups is 1. The number of hydrogen-bond donors (Lipinski definition) is 2. The van der Waals surface area contributed by atoms with Crippen molar-refractivity contribution in [2.45, 2.75) is 37.0 Å². The number of aliphatic imine (C=N–C) groups is 1. The van der Waals surface area contributed by atoms with Gasteiger partial charge in [-0.15, -0.1) is 0 Å². The Balaban J connectivity index is 1.36. The summed E-state index contributed by atoms with van der Waals surface area (Å²) in [6.45, 7) is 1.34. The molecule has 0 spiro atoms. The monoisotopic (exact) mass is 439 g/mol. The Morgan fingerprint density at radius 2 is 1.87 bits per heavy atom. The van der Waals surface area contributed by atoms with E-state index in [-0.39, 0.29) is 10.8 Å². The van der Waals surface area contributed by atoms with Crippen molar-refractivity contribution in [3.8, 4) is 5.75 Å². The Labute approximate surface area is 182 Å². The van der Waals surface area contributed by atoms with E-state index in [1.807, 2.05) is 18.2 Å². The molecule has 2 aromatic rings. The fourth-order valence-electron chi connectivity index (χ4n) is 3.55. The number of amides is 1. The summed E-state index contributed by atoms with van der Waals surface area (Å²) in [5.41, 5.74) is 2.58. The van der Waals surface area contributed by atoms with Gasteiger partial charge >= 0.3 is 0 Å². The first-order valence-electron chi connectivity index (χ1n) is 10.4. The summed E-state index contributed by atoms with van der Waals surface area (Å²) >= 11 is 0. The first kappa shape index (κ1) is 21.1.